The lowest BCUT2D eigenvalue weighted by atomic mass is 9.95. The minimum absolute atomic E-state index is 0.0211. The number of carbonyl (C=O) groups excluding carboxylic acids is 1. The highest BCUT2D eigenvalue weighted by Crippen LogP contribution is 2.25. The van der Waals surface area contributed by atoms with Gasteiger partial charge >= 0.3 is 0 Å². The van der Waals surface area contributed by atoms with Gasteiger partial charge in [-0.3, -0.25) is 4.79 Å². The van der Waals surface area contributed by atoms with Crippen molar-refractivity contribution in [3.63, 3.8) is 0 Å². The van der Waals surface area contributed by atoms with E-state index in [1.54, 1.807) is 12.1 Å². The molecular weight excluding hydrogens is 396 g/mol. The number of hydrogen-bond acceptors (Lipinski definition) is 6. The Morgan fingerprint density at radius 1 is 1.18 bits per heavy atom. The Balaban J connectivity index is 1.56. The van der Waals surface area contributed by atoms with Crippen molar-refractivity contribution in [3.8, 4) is 0 Å². The van der Waals surface area contributed by atoms with Gasteiger partial charge in [-0.1, -0.05) is 31.0 Å². The molecule has 3 rings (SSSR count). The van der Waals surface area contributed by atoms with Crippen molar-refractivity contribution < 1.29 is 13.2 Å². The second-order valence-electron chi connectivity index (χ2n) is 7.64. The number of likely N-dealkylation sites (N-methyl/N-ethyl adjacent to an activating group) is 1. The van der Waals surface area contributed by atoms with E-state index in [0.29, 0.717) is 18.1 Å². The van der Waals surface area contributed by atoms with Crippen molar-refractivity contribution in [2.45, 2.75) is 60.2 Å². The lowest BCUT2D eigenvalue weighted by molar-refractivity contribution is -0.121. The molecular formula is C19H30N4O3S2. The van der Waals surface area contributed by atoms with Gasteiger partial charge in [0.05, 0.1) is 10.3 Å². The van der Waals surface area contributed by atoms with Crippen LogP contribution >= 0.6 is 11.8 Å². The zero-order valence-corrected chi connectivity index (χ0v) is 18.3. The molecule has 156 valence electrons. The topological polar surface area (TPSA) is 82.6 Å². The van der Waals surface area contributed by atoms with E-state index in [4.69, 9.17) is 0 Å². The van der Waals surface area contributed by atoms with Crippen LogP contribution in [0.15, 0.2) is 28.3 Å². The second-order valence-corrected chi connectivity index (χ2v) is 10.9. The molecule has 7 nitrogen and oxygen atoms in total. The molecule has 1 saturated carbocycles. The highest BCUT2D eigenvalue weighted by Gasteiger charge is 2.28. The molecule has 2 heterocycles. The van der Waals surface area contributed by atoms with E-state index in [1.165, 1.54) is 41.5 Å². The number of hydrogen-bond donors (Lipinski definition) is 1. The summed E-state index contributed by atoms with van der Waals surface area (Å²) in [5.74, 6) is 0.0211. The Kier molecular flexibility index (Phi) is 7.36. The first kappa shape index (κ1) is 21.5. The standard InChI is InChI=1S/C19H30N4O3S2/c1-15(19(24)21-16-6-4-3-5-7-16)27-18-9-8-17(14-20-18)28(25,26)23-12-10-22(2)11-13-23/h8-9,14-16H,3-7,10-13H2,1-2H3,(H,21,24)/t15-/m0/s1. The Bertz CT molecular complexity index is 756. The van der Waals surface area contributed by atoms with Crippen LogP contribution in [0.4, 0.5) is 0 Å². The number of piperazine rings is 1. The summed E-state index contributed by atoms with van der Waals surface area (Å²) in [6.45, 7) is 4.31. The molecule has 0 radical (unpaired) electrons. The van der Waals surface area contributed by atoms with Crippen LogP contribution in [0.5, 0.6) is 0 Å². The molecule has 9 heteroatoms. The highest BCUT2D eigenvalue weighted by molar-refractivity contribution is 8.00. The molecule has 0 unspecified atom stereocenters. The number of carbonyl (C=O) groups is 1. The number of pyridine rings is 1. The van der Waals surface area contributed by atoms with Crippen LogP contribution in [-0.4, -0.2) is 73.0 Å². The quantitative estimate of drug-likeness (QED) is 0.700. The fourth-order valence-corrected chi connectivity index (χ4v) is 5.73. The number of aromatic nitrogens is 1. The van der Waals surface area contributed by atoms with Crippen LogP contribution in [0.3, 0.4) is 0 Å². The maximum Gasteiger partial charge on any atom is 0.244 e. The first-order valence-corrected chi connectivity index (χ1v) is 12.3. The summed E-state index contributed by atoms with van der Waals surface area (Å²) < 4.78 is 27.0. The van der Waals surface area contributed by atoms with E-state index in [1.807, 2.05) is 14.0 Å². The Labute approximate surface area is 172 Å². The van der Waals surface area contributed by atoms with Crippen LogP contribution in [0.25, 0.3) is 0 Å². The summed E-state index contributed by atoms with van der Waals surface area (Å²) in [7, 11) is -1.52. The molecule has 2 aliphatic rings. The van der Waals surface area contributed by atoms with Gasteiger partial charge in [0.15, 0.2) is 0 Å². The van der Waals surface area contributed by atoms with E-state index >= 15 is 0 Å². The van der Waals surface area contributed by atoms with E-state index in [2.05, 4.69) is 15.2 Å². The molecule has 2 fully saturated rings. The normalized spacial score (nSPS) is 21.4. The van der Waals surface area contributed by atoms with Crippen molar-refractivity contribution in [1.82, 2.24) is 19.5 Å². The number of amides is 1. The number of rotatable bonds is 6. The largest absolute Gasteiger partial charge is 0.352 e. The molecule has 1 N–H and O–H groups in total. The zero-order valence-electron chi connectivity index (χ0n) is 16.6. The van der Waals surface area contributed by atoms with Gasteiger partial charge in [-0.05, 0) is 38.9 Å². The Morgan fingerprint density at radius 2 is 1.86 bits per heavy atom. The van der Waals surface area contributed by atoms with Crippen molar-refractivity contribution in [3.05, 3.63) is 18.3 Å². The molecule has 0 spiro atoms. The van der Waals surface area contributed by atoms with Gasteiger partial charge in [0.1, 0.15) is 4.90 Å². The SMILES string of the molecule is C[C@H](Sc1ccc(S(=O)(=O)N2CCN(C)CC2)cn1)C(=O)NC1CCCCC1. The summed E-state index contributed by atoms with van der Waals surface area (Å²) in [5.41, 5.74) is 0. The molecule has 1 aromatic rings. The van der Waals surface area contributed by atoms with Crippen molar-refractivity contribution in [2.24, 2.45) is 0 Å². The number of thioether (sulfide) groups is 1. The average molecular weight is 427 g/mol. The fraction of sp³-hybridized carbons (Fsp3) is 0.684. The summed E-state index contributed by atoms with van der Waals surface area (Å²) in [6, 6.07) is 3.57. The van der Waals surface area contributed by atoms with Crippen LogP contribution in [0, 0.1) is 0 Å². The molecule has 28 heavy (non-hydrogen) atoms. The molecule has 0 bridgehead atoms. The van der Waals surface area contributed by atoms with Gasteiger partial charge in [0.2, 0.25) is 15.9 Å². The van der Waals surface area contributed by atoms with Crippen molar-refractivity contribution in [2.75, 3.05) is 33.2 Å². The number of nitrogens with zero attached hydrogens (tertiary/aromatic N) is 3. The van der Waals surface area contributed by atoms with Crippen LogP contribution in [0.1, 0.15) is 39.0 Å². The maximum atomic E-state index is 12.8. The summed E-state index contributed by atoms with van der Waals surface area (Å²) in [5, 5.41) is 3.51. The van der Waals surface area contributed by atoms with E-state index < -0.39 is 10.0 Å². The molecule has 1 saturated heterocycles. The predicted molar refractivity (Wildman–Crippen MR) is 111 cm³/mol. The monoisotopic (exact) mass is 426 g/mol. The Hall–Kier alpha value is -1.16. The minimum atomic E-state index is -3.51. The average Bonchev–Trinajstić information content (AvgIpc) is 2.69. The lowest BCUT2D eigenvalue weighted by Gasteiger charge is -2.31. The molecule has 1 aliphatic carbocycles. The van der Waals surface area contributed by atoms with E-state index in [0.717, 1.165) is 25.9 Å². The smallest absolute Gasteiger partial charge is 0.244 e. The number of nitrogens with one attached hydrogen (secondary N) is 1. The van der Waals surface area contributed by atoms with Crippen LogP contribution in [0.2, 0.25) is 0 Å². The van der Waals surface area contributed by atoms with Gasteiger partial charge in [0.25, 0.3) is 0 Å². The Morgan fingerprint density at radius 3 is 2.46 bits per heavy atom. The molecule has 1 aliphatic heterocycles. The molecule has 0 aromatic carbocycles. The first-order chi connectivity index (χ1) is 13.4. The third-order valence-electron chi connectivity index (χ3n) is 5.43. The third kappa shape index (κ3) is 5.46. The van der Waals surface area contributed by atoms with Crippen LogP contribution in [-0.2, 0) is 14.8 Å². The highest BCUT2D eigenvalue weighted by atomic mass is 32.2. The van der Waals surface area contributed by atoms with Gasteiger partial charge < -0.3 is 10.2 Å². The minimum Gasteiger partial charge on any atom is -0.352 e. The summed E-state index contributed by atoms with van der Waals surface area (Å²) >= 11 is 1.36. The summed E-state index contributed by atoms with van der Waals surface area (Å²) in [4.78, 5) is 19.0. The van der Waals surface area contributed by atoms with Gasteiger partial charge in [-0.2, -0.15) is 4.31 Å². The van der Waals surface area contributed by atoms with E-state index in [-0.39, 0.29) is 22.1 Å². The zero-order chi connectivity index (χ0) is 20.1. The van der Waals surface area contributed by atoms with Gasteiger partial charge in [0, 0.05) is 38.4 Å². The predicted octanol–water partition coefficient (Wildman–Crippen LogP) is 1.95. The molecule has 1 amide bonds. The molecule has 1 aromatic heterocycles. The third-order valence-corrected chi connectivity index (χ3v) is 8.36. The van der Waals surface area contributed by atoms with Gasteiger partial charge in [-0.15, -0.1) is 0 Å². The van der Waals surface area contributed by atoms with Crippen molar-refractivity contribution >= 4 is 27.7 Å². The maximum absolute atomic E-state index is 12.8. The summed E-state index contributed by atoms with van der Waals surface area (Å²) in [6.07, 6.45) is 7.13. The van der Waals surface area contributed by atoms with E-state index in [9.17, 15) is 13.2 Å². The van der Waals surface area contributed by atoms with Gasteiger partial charge in [-0.25, -0.2) is 13.4 Å². The fourth-order valence-electron chi connectivity index (χ4n) is 3.57. The number of sulfonamides is 1. The second kappa shape index (κ2) is 9.56. The first-order valence-electron chi connectivity index (χ1n) is 9.98. The van der Waals surface area contributed by atoms with Crippen molar-refractivity contribution in [1.29, 1.82) is 0 Å². The molecule has 1 atom stereocenters. The lowest BCUT2D eigenvalue weighted by Crippen LogP contribution is -2.47. The van der Waals surface area contributed by atoms with Crippen LogP contribution < -0.4 is 5.32 Å².